The first-order valence-electron chi connectivity index (χ1n) is 5.87. The van der Waals surface area contributed by atoms with Crippen LogP contribution in [-0.2, 0) is 0 Å². The molecule has 2 aromatic rings. The largest absolute Gasteiger partial charge is 0.384 e. The van der Waals surface area contributed by atoms with Gasteiger partial charge in [0.2, 0.25) is 0 Å². The molecule has 0 fully saturated rings. The quantitative estimate of drug-likeness (QED) is 0.260. The van der Waals surface area contributed by atoms with Crippen molar-refractivity contribution in [2.75, 3.05) is 5.43 Å². The first-order chi connectivity index (χ1) is 9.69. The zero-order valence-electron chi connectivity index (χ0n) is 10.7. The average molecular weight is 263 g/mol. The smallest absolute Gasteiger partial charge is 0.122 e. The molecule has 4 N–H and O–H groups in total. The Labute approximate surface area is 117 Å². The van der Waals surface area contributed by atoms with Gasteiger partial charge in [-0.05, 0) is 48.5 Å². The van der Waals surface area contributed by atoms with Crippen LogP contribution in [0.5, 0.6) is 0 Å². The van der Waals surface area contributed by atoms with E-state index in [0.29, 0.717) is 11.3 Å². The molecule has 0 atom stereocenters. The van der Waals surface area contributed by atoms with Gasteiger partial charge in [0.1, 0.15) is 5.84 Å². The van der Waals surface area contributed by atoms with Gasteiger partial charge in [-0.25, -0.2) is 0 Å². The molecule has 2 aromatic carbocycles. The molecular formula is C15H13N5. The van der Waals surface area contributed by atoms with E-state index in [1.807, 2.05) is 24.3 Å². The lowest BCUT2D eigenvalue weighted by Crippen LogP contribution is -2.10. The second-order valence-electron chi connectivity index (χ2n) is 3.99. The first kappa shape index (κ1) is 13.3. The van der Waals surface area contributed by atoms with Gasteiger partial charge >= 0.3 is 0 Å². The van der Waals surface area contributed by atoms with Crippen molar-refractivity contribution >= 4 is 17.2 Å². The number of benzene rings is 2. The maximum Gasteiger partial charge on any atom is 0.122 e. The standard InChI is InChI=1S/C15H13N5/c1-2-11-3-7-13(8-4-11)18-20-19-14-9-5-12(6-10-14)15(16)17/h1,3-10H,(H3,16,17)(H,18,19). The van der Waals surface area contributed by atoms with Gasteiger partial charge in [0.25, 0.3) is 0 Å². The van der Waals surface area contributed by atoms with Crippen LogP contribution in [0.3, 0.4) is 0 Å². The Kier molecular flexibility index (Phi) is 4.10. The predicted molar refractivity (Wildman–Crippen MR) is 80.0 cm³/mol. The number of hydrogen-bond acceptors (Lipinski definition) is 3. The maximum absolute atomic E-state index is 7.29. The van der Waals surface area contributed by atoms with E-state index in [-0.39, 0.29) is 5.84 Å². The van der Waals surface area contributed by atoms with Crippen molar-refractivity contribution < 1.29 is 0 Å². The fraction of sp³-hybridized carbons (Fsp3) is 0. The van der Waals surface area contributed by atoms with Crippen LogP contribution in [0, 0.1) is 17.8 Å². The summed E-state index contributed by atoms with van der Waals surface area (Å²) in [5.41, 5.74) is 11.1. The molecule has 0 heterocycles. The van der Waals surface area contributed by atoms with Gasteiger partial charge in [-0.1, -0.05) is 11.1 Å². The normalized spacial score (nSPS) is 10.2. The van der Waals surface area contributed by atoms with E-state index in [4.69, 9.17) is 17.6 Å². The van der Waals surface area contributed by atoms with Crippen LogP contribution in [0.1, 0.15) is 11.1 Å². The van der Waals surface area contributed by atoms with Crippen LogP contribution in [-0.4, -0.2) is 5.84 Å². The topological polar surface area (TPSA) is 86.6 Å². The first-order valence-corrected chi connectivity index (χ1v) is 5.87. The van der Waals surface area contributed by atoms with E-state index < -0.39 is 0 Å². The van der Waals surface area contributed by atoms with Gasteiger partial charge in [-0.2, -0.15) is 0 Å². The SMILES string of the molecule is C#Cc1ccc(N/N=N/c2ccc(C(=N)N)cc2)cc1. The average Bonchev–Trinajstić information content (AvgIpc) is 2.48. The highest BCUT2D eigenvalue weighted by Gasteiger charge is 1.95. The Morgan fingerprint density at radius 2 is 1.75 bits per heavy atom. The van der Waals surface area contributed by atoms with Crippen LogP contribution < -0.4 is 11.2 Å². The highest BCUT2D eigenvalue weighted by molar-refractivity contribution is 5.95. The minimum Gasteiger partial charge on any atom is -0.384 e. The molecule has 0 aliphatic heterocycles. The summed E-state index contributed by atoms with van der Waals surface area (Å²) in [6, 6.07) is 14.2. The molecule has 0 aliphatic rings. The zero-order chi connectivity index (χ0) is 14.4. The van der Waals surface area contributed by atoms with Gasteiger partial charge in [-0.15, -0.1) is 11.5 Å². The van der Waals surface area contributed by atoms with Crippen LogP contribution >= 0.6 is 0 Å². The van der Waals surface area contributed by atoms with Crippen LogP contribution in [0.4, 0.5) is 11.4 Å². The Morgan fingerprint density at radius 1 is 1.10 bits per heavy atom. The summed E-state index contributed by atoms with van der Waals surface area (Å²) >= 11 is 0. The lowest BCUT2D eigenvalue weighted by Gasteiger charge is -2.00. The fourth-order valence-corrected chi connectivity index (χ4v) is 1.49. The van der Waals surface area contributed by atoms with Crippen LogP contribution in [0.2, 0.25) is 0 Å². The van der Waals surface area contributed by atoms with E-state index in [0.717, 1.165) is 11.3 Å². The molecule has 0 spiro atoms. The number of nitrogens with one attached hydrogen (secondary N) is 2. The van der Waals surface area contributed by atoms with Crippen molar-refractivity contribution in [3.63, 3.8) is 0 Å². The molecule has 0 aliphatic carbocycles. The Bertz CT molecular complexity index is 663. The van der Waals surface area contributed by atoms with Crippen molar-refractivity contribution in [3.8, 4) is 12.3 Å². The highest BCUT2D eigenvalue weighted by Crippen LogP contribution is 2.14. The summed E-state index contributed by atoms with van der Waals surface area (Å²) in [6.45, 7) is 0. The second kappa shape index (κ2) is 6.16. The molecule has 0 amide bonds. The fourth-order valence-electron chi connectivity index (χ4n) is 1.49. The van der Waals surface area contributed by atoms with E-state index in [2.05, 4.69) is 21.7 Å². The van der Waals surface area contributed by atoms with Crippen molar-refractivity contribution in [1.29, 1.82) is 5.41 Å². The summed E-state index contributed by atoms with van der Waals surface area (Å²) in [7, 11) is 0. The molecule has 2 rings (SSSR count). The van der Waals surface area contributed by atoms with Crippen LogP contribution in [0.25, 0.3) is 0 Å². The molecule has 20 heavy (non-hydrogen) atoms. The third-order valence-corrected chi connectivity index (χ3v) is 2.57. The monoisotopic (exact) mass is 263 g/mol. The summed E-state index contributed by atoms with van der Waals surface area (Å²) in [6.07, 6.45) is 5.27. The second-order valence-corrected chi connectivity index (χ2v) is 3.99. The Balaban J connectivity index is 1.99. The van der Waals surface area contributed by atoms with Crippen molar-refractivity contribution in [2.24, 2.45) is 16.1 Å². The number of rotatable bonds is 4. The molecular weight excluding hydrogens is 250 g/mol. The van der Waals surface area contributed by atoms with Gasteiger partial charge in [0.15, 0.2) is 0 Å². The van der Waals surface area contributed by atoms with Gasteiger partial charge in [0.05, 0.1) is 11.4 Å². The number of terminal acetylenes is 1. The van der Waals surface area contributed by atoms with Gasteiger partial charge in [0, 0.05) is 11.1 Å². The van der Waals surface area contributed by atoms with Crippen molar-refractivity contribution in [2.45, 2.75) is 0 Å². The number of amidine groups is 1. The molecule has 0 bridgehead atoms. The number of nitrogens with two attached hydrogens (primary N) is 1. The lowest BCUT2D eigenvalue weighted by molar-refractivity contribution is 1.13. The minimum absolute atomic E-state index is 0.0280. The van der Waals surface area contributed by atoms with Crippen LogP contribution in [0.15, 0.2) is 58.9 Å². The number of nitrogen functional groups attached to an aromatic ring is 1. The number of hydrogen-bond donors (Lipinski definition) is 3. The molecule has 5 nitrogen and oxygen atoms in total. The molecule has 0 unspecified atom stereocenters. The van der Waals surface area contributed by atoms with Gasteiger partial charge < -0.3 is 5.73 Å². The predicted octanol–water partition coefficient (Wildman–Crippen LogP) is 3.06. The van der Waals surface area contributed by atoms with Gasteiger partial charge in [-0.3, -0.25) is 10.8 Å². The number of nitrogens with zero attached hydrogens (tertiary/aromatic N) is 2. The summed E-state index contributed by atoms with van der Waals surface area (Å²) in [5, 5.41) is 15.2. The van der Waals surface area contributed by atoms with Crippen molar-refractivity contribution in [3.05, 3.63) is 59.7 Å². The summed E-state index contributed by atoms with van der Waals surface area (Å²) in [4.78, 5) is 0. The van der Waals surface area contributed by atoms with E-state index in [1.54, 1.807) is 24.3 Å². The molecule has 98 valence electrons. The molecule has 0 aromatic heterocycles. The maximum atomic E-state index is 7.29. The minimum atomic E-state index is 0.0280. The van der Waals surface area contributed by atoms with E-state index in [1.165, 1.54) is 0 Å². The summed E-state index contributed by atoms with van der Waals surface area (Å²) in [5.74, 6) is 2.57. The molecule has 5 heteroatoms. The number of anilines is 1. The lowest BCUT2D eigenvalue weighted by atomic mass is 10.2. The summed E-state index contributed by atoms with van der Waals surface area (Å²) < 4.78 is 0. The third kappa shape index (κ3) is 3.43. The molecule has 0 saturated heterocycles. The molecule has 0 saturated carbocycles. The Morgan fingerprint density at radius 3 is 2.30 bits per heavy atom. The Hall–Kier alpha value is -3.13. The zero-order valence-corrected chi connectivity index (χ0v) is 10.7. The van der Waals surface area contributed by atoms with E-state index >= 15 is 0 Å². The van der Waals surface area contributed by atoms with Crippen molar-refractivity contribution in [1.82, 2.24) is 0 Å². The van der Waals surface area contributed by atoms with E-state index in [9.17, 15) is 0 Å². The highest BCUT2D eigenvalue weighted by atomic mass is 15.4. The third-order valence-electron chi connectivity index (χ3n) is 2.57. The molecule has 0 radical (unpaired) electrons.